The van der Waals surface area contributed by atoms with Crippen LogP contribution < -0.4 is 32.8 Å². The highest BCUT2D eigenvalue weighted by Crippen LogP contribution is 2.18. The topological polar surface area (TPSA) is 154 Å². The summed E-state index contributed by atoms with van der Waals surface area (Å²) in [6.07, 6.45) is 3.84. The van der Waals surface area contributed by atoms with E-state index in [4.69, 9.17) is 10.5 Å². The van der Waals surface area contributed by atoms with E-state index in [1.807, 2.05) is 24.3 Å². The van der Waals surface area contributed by atoms with Crippen LogP contribution in [-0.4, -0.2) is 28.1 Å². The summed E-state index contributed by atoms with van der Waals surface area (Å²) in [7, 11) is 0. The van der Waals surface area contributed by atoms with Crippen molar-refractivity contribution in [1.82, 2.24) is 31.7 Å². The van der Waals surface area contributed by atoms with Gasteiger partial charge >= 0.3 is 0 Å². The van der Waals surface area contributed by atoms with E-state index in [2.05, 4.69) is 42.0 Å². The number of imidazole rings is 1. The number of carbonyl (C=O) groups excluding carboxylic acids is 1. The highest BCUT2D eigenvalue weighted by Gasteiger charge is 2.21. The minimum atomic E-state index is -0.583. The summed E-state index contributed by atoms with van der Waals surface area (Å²) in [6, 6.07) is 7.85. The lowest BCUT2D eigenvalue weighted by atomic mass is 10.1. The van der Waals surface area contributed by atoms with E-state index < -0.39 is 6.29 Å². The number of carbonyl (C=O) groups is 1. The second-order valence-corrected chi connectivity index (χ2v) is 6.60. The lowest BCUT2D eigenvalue weighted by molar-refractivity contribution is -0.121. The summed E-state index contributed by atoms with van der Waals surface area (Å²) in [5.74, 6) is 1.06. The third-order valence-corrected chi connectivity index (χ3v) is 4.45. The summed E-state index contributed by atoms with van der Waals surface area (Å²) in [6.45, 7) is 0.828. The molecule has 0 bridgehead atoms. The number of anilines is 1. The normalized spacial score (nSPS) is 17.2. The van der Waals surface area contributed by atoms with Crippen LogP contribution >= 0.6 is 0 Å². The first-order valence-electron chi connectivity index (χ1n) is 9.24. The standard InChI is InChI=1S/C18H23N9O2/c19-18-24-16-15(21-10-22-16)17(25-18)29-9-12-3-1-11(2-4-12)7-20-14(28)6-5-13-8-23-27-26-13/h1-4,8,10,18,23-24,26-27H,5-7,9,19H2,(H,20,28)(H,21,22). The van der Waals surface area contributed by atoms with Crippen molar-refractivity contribution in [2.45, 2.75) is 32.3 Å². The fraction of sp³-hybridized carbons (Fsp3) is 0.278. The molecule has 4 rings (SSSR count). The van der Waals surface area contributed by atoms with E-state index in [0.29, 0.717) is 43.4 Å². The van der Waals surface area contributed by atoms with Gasteiger partial charge in [0.25, 0.3) is 0 Å². The maximum atomic E-state index is 12.0. The van der Waals surface area contributed by atoms with Crippen LogP contribution in [0.1, 0.15) is 29.7 Å². The predicted molar refractivity (Wildman–Crippen MR) is 107 cm³/mol. The molecule has 1 aromatic carbocycles. The number of allylic oxidation sites excluding steroid dienone is 1. The highest BCUT2D eigenvalue weighted by molar-refractivity contribution is 5.98. The number of nitrogens with two attached hydrogens (primary N) is 1. The largest absolute Gasteiger partial charge is 0.471 e. The second kappa shape index (κ2) is 8.63. The molecule has 0 saturated heterocycles. The number of amides is 1. The van der Waals surface area contributed by atoms with Crippen LogP contribution in [0.2, 0.25) is 0 Å². The van der Waals surface area contributed by atoms with E-state index in [-0.39, 0.29) is 5.91 Å². The highest BCUT2D eigenvalue weighted by atomic mass is 16.5. The molecule has 0 fully saturated rings. The van der Waals surface area contributed by atoms with E-state index in [9.17, 15) is 4.79 Å². The molecule has 8 N–H and O–H groups in total. The molecular weight excluding hydrogens is 374 g/mol. The number of H-pyrrole nitrogens is 1. The van der Waals surface area contributed by atoms with Crippen LogP contribution in [0, 0.1) is 0 Å². The molecule has 2 aliphatic rings. The Bertz CT molecular complexity index is 920. The van der Waals surface area contributed by atoms with E-state index in [1.54, 1.807) is 12.5 Å². The van der Waals surface area contributed by atoms with Crippen LogP contribution in [-0.2, 0) is 22.7 Å². The number of aromatic amines is 1. The number of fused-ring (bicyclic) bond motifs is 1. The molecule has 2 aliphatic heterocycles. The van der Waals surface area contributed by atoms with Crippen molar-refractivity contribution in [1.29, 1.82) is 0 Å². The first-order valence-corrected chi connectivity index (χ1v) is 9.24. The Morgan fingerprint density at radius 2 is 2.07 bits per heavy atom. The van der Waals surface area contributed by atoms with Crippen LogP contribution in [0.5, 0.6) is 0 Å². The molecule has 0 spiro atoms. The predicted octanol–water partition coefficient (Wildman–Crippen LogP) is -0.109. The summed E-state index contributed by atoms with van der Waals surface area (Å²) < 4.78 is 5.81. The van der Waals surface area contributed by atoms with Gasteiger partial charge in [-0.25, -0.2) is 9.98 Å². The summed E-state index contributed by atoms with van der Waals surface area (Å²) >= 11 is 0. The monoisotopic (exact) mass is 397 g/mol. The average Bonchev–Trinajstić information content (AvgIpc) is 3.41. The van der Waals surface area contributed by atoms with Crippen LogP contribution in [0.15, 0.2) is 47.5 Å². The molecule has 1 atom stereocenters. The lowest BCUT2D eigenvalue weighted by Gasteiger charge is -2.19. The third-order valence-electron chi connectivity index (χ3n) is 4.45. The van der Waals surface area contributed by atoms with Gasteiger partial charge in [-0.05, 0) is 17.5 Å². The first-order chi connectivity index (χ1) is 14.2. The molecule has 152 valence electrons. The molecule has 1 amide bonds. The molecule has 3 heterocycles. The van der Waals surface area contributed by atoms with Gasteiger partial charge in [-0.1, -0.05) is 24.3 Å². The SMILES string of the molecule is NC1N=C(OCc2ccc(CNC(=O)CCC3=CNNN3)cc2)c2[nH]cnc2N1. The van der Waals surface area contributed by atoms with Gasteiger partial charge in [-0.15, -0.1) is 0 Å². The Balaban J connectivity index is 1.23. The molecule has 1 unspecified atom stereocenters. The Morgan fingerprint density at radius 3 is 2.86 bits per heavy atom. The third kappa shape index (κ3) is 4.83. The number of benzene rings is 1. The maximum absolute atomic E-state index is 12.0. The van der Waals surface area contributed by atoms with Gasteiger partial charge in [-0.3, -0.25) is 10.5 Å². The van der Waals surface area contributed by atoms with Gasteiger partial charge in [0.05, 0.1) is 6.33 Å². The number of ether oxygens (including phenoxy) is 1. The van der Waals surface area contributed by atoms with Crippen LogP contribution in [0.25, 0.3) is 0 Å². The van der Waals surface area contributed by atoms with E-state index in [1.165, 1.54) is 0 Å². The zero-order valence-corrected chi connectivity index (χ0v) is 15.7. The molecule has 29 heavy (non-hydrogen) atoms. The Kier molecular flexibility index (Phi) is 5.59. The quantitative estimate of drug-likeness (QED) is 0.342. The van der Waals surface area contributed by atoms with Gasteiger partial charge < -0.3 is 31.2 Å². The molecule has 0 aliphatic carbocycles. The molecule has 1 aromatic heterocycles. The maximum Gasteiger partial charge on any atom is 0.240 e. The van der Waals surface area contributed by atoms with Crippen molar-refractivity contribution in [2.75, 3.05) is 5.32 Å². The van der Waals surface area contributed by atoms with Crippen molar-refractivity contribution in [3.63, 3.8) is 0 Å². The average molecular weight is 397 g/mol. The van der Waals surface area contributed by atoms with Gasteiger partial charge in [0.15, 0.2) is 12.1 Å². The summed E-state index contributed by atoms with van der Waals surface area (Å²) in [5.41, 5.74) is 17.9. The Morgan fingerprint density at radius 1 is 1.24 bits per heavy atom. The van der Waals surface area contributed by atoms with Crippen molar-refractivity contribution in [3.8, 4) is 0 Å². The number of nitrogens with zero attached hydrogens (tertiary/aromatic N) is 2. The van der Waals surface area contributed by atoms with E-state index >= 15 is 0 Å². The van der Waals surface area contributed by atoms with Crippen molar-refractivity contribution in [3.05, 3.63) is 59.3 Å². The second-order valence-electron chi connectivity index (χ2n) is 6.60. The fourth-order valence-electron chi connectivity index (χ4n) is 2.89. The zero-order chi connectivity index (χ0) is 20.1. The Hall–Kier alpha value is -3.57. The van der Waals surface area contributed by atoms with Crippen molar-refractivity contribution < 1.29 is 9.53 Å². The molecule has 11 heteroatoms. The lowest BCUT2D eigenvalue weighted by Crippen LogP contribution is -2.34. The Labute approximate surface area is 167 Å². The van der Waals surface area contributed by atoms with Gasteiger partial charge in [0.2, 0.25) is 11.8 Å². The number of aromatic nitrogens is 2. The first kappa shape index (κ1) is 18.8. The molecule has 0 radical (unpaired) electrons. The number of rotatable bonds is 7. The van der Waals surface area contributed by atoms with Crippen molar-refractivity contribution >= 4 is 17.6 Å². The number of nitrogens with one attached hydrogen (secondary N) is 6. The number of aliphatic imine (C=N–C) groups is 1. The molecular formula is C18H23N9O2. The fourth-order valence-corrected chi connectivity index (χ4v) is 2.89. The molecule has 0 saturated carbocycles. The van der Waals surface area contributed by atoms with Crippen LogP contribution in [0.4, 0.5) is 5.82 Å². The summed E-state index contributed by atoms with van der Waals surface area (Å²) in [5, 5.41) is 5.87. The number of hydrogen-bond acceptors (Lipinski definition) is 9. The van der Waals surface area contributed by atoms with Crippen LogP contribution in [0.3, 0.4) is 0 Å². The number of hydrazine groups is 2. The van der Waals surface area contributed by atoms with E-state index in [0.717, 1.165) is 16.8 Å². The van der Waals surface area contributed by atoms with Gasteiger partial charge in [0, 0.05) is 24.9 Å². The minimum absolute atomic E-state index is 0.00243. The van der Waals surface area contributed by atoms with Crippen molar-refractivity contribution in [2.24, 2.45) is 10.7 Å². The molecule has 2 aromatic rings. The van der Waals surface area contributed by atoms with Gasteiger partial charge in [0.1, 0.15) is 12.3 Å². The summed E-state index contributed by atoms with van der Waals surface area (Å²) in [4.78, 5) is 23.3. The minimum Gasteiger partial charge on any atom is -0.471 e. The number of hydrogen-bond donors (Lipinski definition) is 7. The zero-order valence-electron chi connectivity index (χ0n) is 15.7. The van der Waals surface area contributed by atoms with Gasteiger partial charge in [-0.2, -0.15) is 5.53 Å². The molecule has 11 nitrogen and oxygen atoms in total. The smallest absolute Gasteiger partial charge is 0.240 e.